The van der Waals surface area contributed by atoms with Gasteiger partial charge in [0.2, 0.25) is 0 Å². The molecule has 0 aliphatic heterocycles. The first-order valence-corrected chi connectivity index (χ1v) is 5.94. The van der Waals surface area contributed by atoms with Crippen molar-refractivity contribution < 1.29 is 0 Å². The van der Waals surface area contributed by atoms with Crippen LogP contribution in [0.25, 0.3) is 10.9 Å². The van der Waals surface area contributed by atoms with Gasteiger partial charge in [-0.2, -0.15) is 0 Å². The number of hydrogen-bond acceptors (Lipinski definition) is 0. The molecule has 78 valence electrons. The number of aromatic amines is 1. The quantitative estimate of drug-likeness (QED) is 0.660. The van der Waals surface area contributed by atoms with E-state index in [0.29, 0.717) is 0 Å². The average molecular weight is 199 g/mol. The maximum atomic E-state index is 3.12. The van der Waals surface area contributed by atoms with E-state index in [9.17, 15) is 0 Å². The lowest BCUT2D eigenvalue weighted by molar-refractivity contribution is 0.304. The van der Waals surface area contributed by atoms with Crippen LogP contribution in [-0.2, 0) is 0 Å². The van der Waals surface area contributed by atoms with Crippen LogP contribution >= 0.6 is 0 Å². The van der Waals surface area contributed by atoms with Crippen molar-refractivity contribution in [3.63, 3.8) is 0 Å². The summed E-state index contributed by atoms with van der Waals surface area (Å²) in [5, 5.41) is 1.28. The molecule has 3 fully saturated rings. The lowest BCUT2D eigenvalue weighted by Gasteiger charge is -2.21. The second-order valence-electron chi connectivity index (χ2n) is 4.85. The van der Waals surface area contributed by atoms with Gasteiger partial charge in [-0.05, 0) is 42.2 Å². The van der Waals surface area contributed by atoms with Gasteiger partial charge in [-0.25, -0.2) is 0 Å². The number of H-pyrrole nitrogens is 1. The number of hydrogen-bond donors (Lipinski definition) is 1. The number of fused-ring (bicyclic) bond motifs is 2. The zero-order valence-corrected chi connectivity index (χ0v) is 8.95. The third-order valence-corrected chi connectivity index (χ3v) is 3.78. The first kappa shape index (κ1) is 9.02. The van der Waals surface area contributed by atoms with Gasteiger partial charge in [0.15, 0.2) is 0 Å². The minimum Gasteiger partial charge on any atom is -0.361 e. The summed E-state index contributed by atoms with van der Waals surface area (Å²) in [6.45, 7) is 0. The maximum Gasteiger partial charge on any atom is 0.0453 e. The second-order valence-corrected chi connectivity index (χ2v) is 4.85. The first-order valence-electron chi connectivity index (χ1n) is 5.94. The lowest BCUT2D eigenvalue weighted by atomic mass is 9.85. The van der Waals surface area contributed by atoms with Gasteiger partial charge in [-0.1, -0.05) is 31.0 Å². The van der Waals surface area contributed by atoms with Crippen LogP contribution in [0.15, 0.2) is 36.5 Å². The summed E-state index contributed by atoms with van der Waals surface area (Å²) in [5.41, 5.74) is 1.21. The molecule has 1 heteroatoms. The molecule has 3 saturated carbocycles. The third kappa shape index (κ3) is 1.79. The van der Waals surface area contributed by atoms with Crippen molar-refractivity contribution >= 4 is 10.9 Å². The molecule has 3 aliphatic carbocycles. The van der Waals surface area contributed by atoms with Crippen LogP contribution < -0.4 is 0 Å². The third-order valence-electron chi connectivity index (χ3n) is 3.78. The molecular formula is C14H17N. The van der Waals surface area contributed by atoms with Crippen molar-refractivity contribution in [2.24, 2.45) is 11.8 Å². The van der Waals surface area contributed by atoms with Crippen molar-refractivity contribution in [1.82, 2.24) is 4.98 Å². The Balaban J connectivity index is 0.000000104. The van der Waals surface area contributed by atoms with E-state index in [4.69, 9.17) is 0 Å². The Hall–Kier alpha value is -1.24. The predicted molar refractivity (Wildman–Crippen MR) is 63.7 cm³/mol. The highest BCUT2D eigenvalue weighted by atomic mass is 14.7. The average Bonchev–Trinajstić information content (AvgIpc) is 2.94. The summed E-state index contributed by atoms with van der Waals surface area (Å²) in [5.74, 6) is 2.38. The molecule has 1 aromatic carbocycles. The number of benzene rings is 1. The topological polar surface area (TPSA) is 15.8 Å². The fraction of sp³-hybridized carbons (Fsp3) is 0.429. The molecule has 0 atom stereocenters. The zero-order chi connectivity index (χ0) is 10.1. The molecule has 2 aromatic rings. The molecule has 1 heterocycles. The van der Waals surface area contributed by atoms with Gasteiger partial charge in [-0.3, -0.25) is 0 Å². The van der Waals surface area contributed by atoms with Crippen molar-refractivity contribution in [2.45, 2.75) is 25.7 Å². The van der Waals surface area contributed by atoms with Crippen LogP contribution in [0.3, 0.4) is 0 Å². The standard InChI is InChI=1S/C8H7N.C6H10/c1-2-4-8-7(3-1)5-6-9-8;1-2-6-3-5(1)4-6/h1-6,9H;5-6H,1-4H2. The molecule has 0 saturated heterocycles. The van der Waals surface area contributed by atoms with E-state index >= 15 is 0 Å². The summed E-state index contributed by atoms with van der Waals surface area (Å²) in [6, 6.07) is 10.3. The van der Waals surface area contributed by atoms with Crippen molar-refractivity contribution in [3.05, 3.63) is 36.5 Å². The van der Waals surface area contributed by atoms with E-state index in [-0.39, 0.29) is 0 Å². The van der Waals surface area contributed by atoms with Crippen molar-refractivity contribution in [3.8, 4) is 0 Å². The van der Waals surface area contributed by atoms with Gasteiger partial charge in [0.25, 0.3) is 0 Å². The molecule has 1 N–H and O–H groups in total. The van der Waals surface area contributed by atoms with E-state index in [1.807, 2.05) is 18.3 Å². The minimum atomic E-state index is 1.19. The Labute approximate surface area is 90.5 Å². The van der Waals surface area contributed by atoms with E-state index in [1.54, 1.807) is 25.7 Å². The van der Waals surface area contributed by atoms with Gasteiger partial charge < -0.3 is 4.98 Å². The Morgan fingerprint density at radius 1 is 0.933 bits per heavy atom. The van der Waals surface area contributed by atoms with Crippen LogP contribution in [0.2, 0.25) is 0 Å². The summed E-state index contributed by atoms with van der Waals surface area (Å²) in [6.07, 6.45) is 8.24. The number of rotatable bonds is 0. The molecule has 1 nitrogen and oxygen atoms in total. The van der Waals surface area contributed by atoms with E-state index in [0.717, 1.165) is 0 Å². The molecule has 0 radical (unpaired) electrons. The van der Waals surface area contributed by atoms with Crippen molar-refractivity contribution in [2.75, 3.05) is 0 Å². The van der Waals surface area contributed by atoms with Crippen LogP contribution in [0.1, 0.15) is 25.7 Å². The maximum absolute atomic E-state index is 3.12. The largest absolute Gasteiger partial charge is 0.361 e. The monoisotopic (exact) mass is 199 g/mol. The molecular weight excluding hydrogens is 182 g/mol. The molecule has 1 aromatic heterocycles. The smallest absolute Gasteiger partial charge is 0.0453 e. The lowest BCUT2D eigenvalue weighted by Crippen LogP contribution is -2.09. The van der Waals surface area contributed by atoms with Gasteiger partial charge in [0, 0.05) is 11.7 Å². The Morgan fingerprint density at radius 2 is 1.67 bits per heavy atom. The summed E-state index contributed by atoms with van der Waals surface area (Å²) in [4.78, 5) is 3.12. The number of nitrogens with one attached hydrogen (secondary N) is 1. The molecule has 2 bridgehead atoms. The van der Waals surface area contributed by atoms with Gasteiger partial charge >= 0.3 is 0 Å². The fourth-order valence-electron chi connectivity index (χ4n) is 2.81. The van der Waals surface area contributed by atoms with E-state index < -0.39 is 0 Å². The number of para-hydroxylation sites is 1. The van der Waals surface area contributed by atoms with Gasteiger partial charge in [-0.15, -0.1) is 0 Å². The molecule has 3 aliphatic rings. The highest BCUT2D eigenvalue weighted by Crippen LogP contribution is 2.47. The highest BCUT2D eigenvalue weighted by Gasteiger charge is 2.35. The fourth-order valence-corrected chi connectivity index (χ4v) is 2.81. The van der Waals surface area contributed by atoms with Crippen LogP contribution in [0.4, 0.5) is 0 Å². The van der Waals surface area contributed by atoms with Crippen LogP contribution in [0.5, 0.6) is 0 Å². The van der Waals surface area contributed by atoms with Gasteiger partial charge in [0.05, 0.1) is 0 Å². The van der Waals surface area contributed by atoms with Gasteiger partial charge in [0.1, 0.15) is 0 Å². The van der Waals surface area contributed by atoms with Crippen molar-refractivity contribution in [1.29, 1.82) is 0 Å². The van der Waals surface area contributed by atoms with E-state index in [1.165, 1.54) is 22.7 Å². The van der Waals surface area contributed by atoms with E-state index in [2.05, 4.69) is 23.2 Å². The first-order chi connectivity index (χ1) is 7.42. The Bertz CT molecular complexity index is 394. The van der Waals surface area contributed by atoms with Crippen LogP contribution in [-0.4, -0.2) is 4.98 Å². The molecule has 0 unspecified atom stereocenters. The zero-order valence-electron chi connectivity index (χ0n) is 8.95. The number of aromatic nitrogens is 1. The molecule has 15 heavy (non-hydrogen) atoms. The SMILES string of the molecule is C1CC2CC1C2.c1ccc2[nH]ccc2c1. The summed E-state index contributed by atoms with van der Waals surface area (Å²) < 4.78 is 0. The van der Waals surface area contributed by atoms with Crippen LogP contribution in [0, 0.1) is 11.8 Å². The minimum absolute atomic E-state index is 1.19. The Kier molecular flexibility index (Phi) is 2.24. The summed E-state index contributed by atoms with van der Waals surface area (Å²) in [7, 11) is 0. The Morgan fingerprint density at radius 3 is 2.27 bits per heavy atom. The molecule has 5 rings (SSSR count). The predicted octanol–water partition coefficient (Wildman–Crippen LogP) is 3.97. The highest BCUT2D eigenvalue weighted by molar-refractivity contribution is 5.78. The summed E-state index contributed by atoms with van der Waals surface area (Å²) >= 11 is 0. The second kappa shape index (κ2) is 3.73. The molecule has 0 amide bonds. The molecule has 0 spiro atoms. The normalized spacial score (nSPS) is 26.9.